The molecule has 152 valence electrons. The van der Waals surface area contributed by atoms with Crippen LogP contribution in [-0.2, 0) is 38.6 Å². The van der Waals surface area contributed by atoms with Crippen LogP contribution in [0.4, 0.5) is 0 Å². The lowest BCUT2D eigenvalue weighted by Crippen LogP contribution is -2.60. The second kappa shape index (κ2) is 8.15. The third-order valence-electron chi connectivity index (χ3n) is 3.46. The van der Waals surface area contributed by atoms with Crippen LogP contribution in [0.15, 0.2) is 30.3 Å². The summed E-state index contributed by atoms with van der Waals surface area (Å²) in [5.41, 5.74) is 0.0636. The van der Waals surface area contributed by atoms with Crippen molar-refractivity contribution in [2.75, 3.05) is 0 Å². The van der Waals surface area contributed by atoms with Gasteiger partial charge in [0.15, 0.2) is 24.6 Å². The Balaban J connectivity index is 2.36. The van der Waals surface area contributed by atoms with Crippen molar-refractivity contribution in [2.24, 2.45) is 0 Å². The van der Waals surface area contributed by atoms with Gasteiger partial charge in [0.2, 0.25) is 0 Å². The quantitative estimate of drug-likeness (QED) is 0.384. The van der Waals surface area contributed by atoms with Crippen molar-refractivity contribution in [2.45, 2.75) is 37.6 Å². The van der Waals surface area contributed by atoms with E-state index < -0.39 is 57.5 Å². The minimum atomic E-state index is -5.21. The van der Waals surface area contributed by atoms with Crippen LogP contribution in [0.3, 0.4) is 0 Å². The highest BCUT2D eigenvalue weighted by Gasteiger charge is 2.51. The number of ether oxygens (including phenoxy) is 2. The fourth-order valence-electron chi connectivity index (χ4n) is 2.41. The Morgan fingerprint density at radius 3 is 2.00 bits per heavy atom. The summed E-state index contributed by atoms with van der Waals surface area (Å²) in [4.78, 5) is 12.2. The molecule has 1 fully saturated rings. The lowest BCUT2D eigenvalue weighted by molar-refractivity contribution is -0.266. The van der Waals surface area contributed by atoms with Crippen LogP contribution >= 0.6 is 0 Å². The van der Waals surface area contributed by atoms with E-state index in [0.717, 1.165) is 0 Å². The number of hydrogen-bond acceptors (Lipinski definition) is 10. The van der Waals surface area contributed by atoms with Crippen molar-refractivity contribution in [3.63, 3.8) is 0 Å². The molecule has 2 rings (SSSR count). The van der Waals surface area contributed by atoms with Gasteiger partial charge in [-0.1, -0.05) is 18.2 Å². The summed E-state index contributed by atoms with van der Waals surface area (Å²) in [5.74, 6) is -0.956. The van der Waals surface area contributed by atoms with E-state index in [-0.39, 0.29) is 5.56 Å². The Bertz CT molecular complexity index is 866. The molecule has 1 saturated heterocycles. The maximum atomic E-state index is 12.2. The summed E-state index contributed by atoms with van der Waals surface area (Å²) in [5, 5.41) is 9.82. The first-order chi connectivity index (χ1) is 12.4. The van der Waals surface area contributed by atoms with Crippen LogP contribution < -0.4 is 0 Å². The SMILES string of the molecule is C[C@@H]1O[C@@H](O)[C@H](OS(=O)(=O)O)[C@H](OS(=O)(=O)O)[C@H]1OC(=O)c1ccccc1. The highest BCUT2D eigenvalue weighted by molar-refractivity contribution is 7.81. The van der Waals surface area contributed by atoms with Crippen molar-refractivity contribution in [3.05, 3.63) is 35.9 Å². The first-order valence-electron chi connectivity index (χ1n) is 7.28. The van der Waals surface area contributed by atoms with Gasteiger partial charge in [0.1, 0.15) is 0 Å². The minimum Gasteiger partial charge on any atom is -0.453 e. The average Bonchev–Trinajstić information content (AvgIpc) is 2.53. The number of aliphatic hydroxyl groups is 1. The van der Waals surface area contributed by atoms with E-state index in [2.05, 4.69) is 8.37 Å². The molecule has 0 spiro atoms. The second-order valence-corrected chi connectivity index (χ2v) is 7.54. The van der Waals surface area contributed by atoms with E-state index in [9.17, 15) is 26.7 Å². The van der Waals surface area contributed by atoms with Crippen LogP contribution in [-0.4, -0.2) is 67.7 Å². The Labute approximate surface area is 154 Å². The highest BCUT2D eigenvalue weighted by atomic mass is 32.3. The van der Waals surface area contributed by atoms with Gasteiger partial charge in [0, 0.05) is 0 Å². The van der Waals surface area contributed by atoms with E-state index in [1.54, 1.807) is 6.07 Å². The summed E-state index contributed by atoms with van der Waals surface area (Å²) in [6, 6.07) is 7.45. The molecule has 1 aromatic rings. The molecule has 0 amide bonds. The summed E-state index contributed by atoms with van der Waals surface area (Å²) in [6.45, 7) is 1.26. The molecule has 1 aromatic carbocycles. The molecule has 14 heteroatoms. The van der Waals surface area contributed by atoms with Crippen LogP contribution in [0.25, 0.3) is 0 Å². The summed E-state index contributed by atoms with van der Waals surface area (Å²) in [6.07, 6.45) is -9.18. The molecule has 0 aromatic heterocycles. The van der Waals surface area contributed by atoms with E-state index in [4.69, 9.17) is 18.6 Å². The summed E-state index contributed by atoms with van der Waals surface area (Å²) in [7, 11) is -10.4. The standard InChI is InChI=1S/C13H16O12S2/c1-7-9(23-12(14)8-5-3-2-4-6-8)10(24-26(16,17)18)11(13(15)22-7)25-27(19,20)21/h2-7,9-11,13,15H,1H3,(H,16,17,18)(H,19,20,21)/t7-,9-,10+,11+,13+/m0/s1. The van der Waals surface area contributed by atoms with Gasteiger partial charge in [0.25, 0.3) is 0 Å². The van der Waals surface area contributed by atoms with Crippen LogP contribution in [0.1, 0.15) is 17.3 Å². The number of aliphatic hydroxyl groups excluding tert-OH is 1. The molecule has 0 radical (unpaired) electrons. The molecule has 1 aliphatic rings. The van der Waals surface area contributed by atoms with E-state index in [1.807, 2.05) is 0 Å². The molecular formula is C13H16O12S2. The Morgan fingerprint density at radius 2 is 1.48 bits per heavy atom. The molecule has 0 aliphatic carbocycles. The van der Waals surface area contributed by atoms with Gasteiger partial charge in [-0.2, -0.15) is 16.8 Å². The predicted molar refractivity (Wildman–Crippen MR) is 85.0 cm³/mol. The van der Waals surface area contributed by atoms with Gasteiger partial charge in [-0.25, -0.2) is 13.2 Å². The van der Waals surface area contributed by atoms with Gasteiger partial charge in [-0.05, 0) is 19.1 Å². The monoisotopic (exact) mass is 428 g/mol. The van der Waals surface area contributed by atoms with Crippen molar-refractivity contribution >= 4 is 26.8 Å². The zero-order valence-electron chi connectivity index (χ0n) is 13.6. The molecule has 27 heavy (non-hydrogen) atoms. The van der Waals surface area contributed by atoms with Gasteiger partial charge < -0.3 is 14.6 Å². The maximum absolute atomic E-state index is 12.2. The predicted octanol–water partition coefficient (Wildman–Crippen LogP) is -0.675. The van der Waals surface area contributed by atoms with Crippen molar-refractivity contribution in [1.82, 2.24) is 0 Å². The van der Waals surface area contributed by atoms with Crippen molar-refractivity contribution in [1.29, 1.82) is 0 Å². The molecule has 1 heterocycles. The van der Waals surface area contributed by atoms with Crippen LogP contribution in [0, 0.1) is 0 Å². The molecule has 0 unspecified atom stereocenters. The van der Waals surface area contributed by atoms with E-state index in [1.165, 1.54) is 31.2 Å². The lowest BCUT2D eigenvalue weighted by Gasteiger charge is -2.41. The Hall–Kier alpha value is -1.65. The molecule has 1 aliphatic heterocycles. The highest BCUT2D eigenvalue weighted by Crippen LogP contribution is 2.29. The fourth-order valence-corrected chi connectivity index (χ4v) is 3.40. The molecule has 0 bridgehead atoms. The molecular weight excluding hydrogens is 412 g/mol. The third-order valence-corrected chi connectivity index (χ3v) is 4.39. The second-order valence-electron chi connectivity index (χ2n) is 5.44. The topological polar surface area (TPSA) is 183 Å². The maximum Gasteiger partial charge on any atom is 0.397 e. The van der Waals surface area contributed by atoms with E-state index >= 15 is 0 Å². The Kier molecular flexibility index (Phi) is 6.54. The smallest absolute Gasteiger partial charge is 0.397 e. The van der Waals surface area contributed by atoms with Gasteiger partial charge >= 0.3 is 26.8 Å². The lowest BCUT2D eigenvalue weighted by atomic mass is 9.99. The molecule has 12 nitrogen and oxygen atoms in total. The summed E-state index contributed by atoms with van der Waals surface area (Å²) >= 11 is 0. The molecule has 5 atom stereocenters. The number of carbonyl (C=O) groups is 1. The van der Waals surface area contributed by atoms with Gasteiger partial charge in [-0.3, -0.25) is 9.11 Å². The molecule has 3 N–H and O–H groups in total. The largest absolute Gasteiger partial charge is 0.453 e. The fraction of sp³-hybridized carbons (Fsp3) is 0.462. The van der Waals surface area contributed by atoms with Crippen LogP contribution in [0.2, 0.25) is 0 Å². The van der Waals surface area contributed by atoms with Gasteiger partial charge in [-0.15, -0.1) is 0 Å². The zero-order chi connectivity index (χ0) is 20.4. The van der Waals surface area contributed by atoms with Crippen molar-refractivity contribution in [3.8, 4) is 0 Å². The number of carbonyl (C=O) groups excluding carboxylic acids is 1. The molecule has 0 saturated carbocycles. The average molecular weight is 428 g/mol. The first-order valence-corrected chi connectivity index (χ1v) is 10.0. The number of esters is 1. The number of benzene rings is 1. The van der Waals surface area contributed by atoms with Crippen molar-refractivity contribution < 1.29 is 53.7 Å². The van der Waals surface area contributed by atoms with E-state index in [0.29, 0.717) is 0 Å². The van der Waals surface area contributed by atoms with Crippen LogP contribution in [0.5, 0.6) is 0 Å². The minimum absolute atomic E-state index is 0.0636. The summed E-state index contributed by atoms with van der Waals surface area (Å²) < 4.78 is 80.6. The van der Waals surface area contributed by atoms with Gasteiger partial charge in [0.05, 0.1) is 11.7 Å². The Morgan fingerprint density at radius 1 is 0.963 bits per heavy atom. The third kappa shape index (κ3) is 6.18. The first kappa shape index (κ1) is 21.6. The zero-order valence-corrected chi connectivity index (χ0v) is 15.2. The normalized spacial score (nSPS) is 29.3. The number of rotatable bonds is 6. The number of hydrogen-bond donors (Lipinski definition) is 3.